The van der Waals surface area contributed by atoms with Crippen molar-refractivity contribution in [1.29, 1.82) is 0 Å². The van der Waals surface area contributed by atoms with Gasteiger partial charge >= 0.3 is 6.01 Å². The second-order valence-electron chi connectivity index (χ2n) is 10.4. The Kier molecular flexibility index (Phi) is 8.96. The number of nitrogens with zero attached hydrogens (tertiary/aromatic N) is 7. The first-order valence-electron chi connectivity index (χ1n) is 14.0. The molecule has 39 heavy (non-hydrogen) atoms. The zero-order chi connectivity index (χ0) is 27.4. The fourth-order valence-electron chi connectivity index (χ4n) is 5.99. The second kappa shape index (κ2) is 12.6. The molecule has 10 nitrogen and oxygen atoms in total. The van der Waals surface area contributed by atoms with Crippen LogP contribution in [0.15, 0.2) is 34.9 Å². The lowest BCUT2D eigenvalue weighted by Crippen LogP contribution is -2.58. The number of nitrogens with one attached hydrogen (secondary N) is 1. The molecular weight excluding hydrogens is 516 g/mol. The van der Waals surface area contributed by atoms with Crippen LogP contribution >= 0.6 is 11.6 Å². The number of anilines is 2. The van der Waals surface area contributed by atoms with E-state index in [1.165, 1.54) is 0 Å². The van der Waals surface area contributed by atoms with Gasteiger partial charge in [0.15, 0.2) is 0 Å². The SMILES string of the molecule is CCNc1nnc(-c2cnc(N3CCN(C4CCN([C@@H](CO)c5ccc(Cl)cc5)CC4)[C@@H](CC)C3)c(C)n2)o1. The molecule has 0 saturated carbocycles. The van der Waals surface area contributed by atoms with Crippen molar-refractivity contribution in [3.05, 3.63) is 46.7 Å². The van der Waals surface area contributed by atoms with Crippen LogP contribution in [-0.4, -0.2) is 93.0 Å². The van der Waals surface area contributed by atoms with Crippen molar-refractivity contribution in [3.8, 4) is 11.6 Å². The number of aliphatic hydroxyl groups is 1. The maximum atomic E-state index is 10.1. The molecule has 210 valence electrons. The highest BCUT2D eigenvalue weighted by molar-refractivity contribution is 6.30. The highest BCUT2D eigenvalue weighted by Crippen LogP contribution is 2.30. The Morgan fingerprint density at radius 2 is 1.87 bits per heavy atom. The number of aliphatic hydroxyl groups excluding tert-OH is 1. The number of benzene rings is 1. The number of aryl methyl sites for hydroxylation is 1. The van der Waals surface area contributed by atoms with E-state index in [0.717, 1.165) is 74.1 Å². The van der Waals surface area contributed by atoms with Gasteiger partial charge in [0, 0.05) is 56.4 Å². The Morgan fingerprint density at radius 1 is 1.10 bits per heavy atom. The minimum absolute atomic E-state index is 0.0215. The van der Waals surface area contributed by atoms with Crippen molar-refractivity contribution >= 4 is 23.4 Å². The van der Waals surface area contributed by atoms with Gasteiger partial charge in [0.05, 0.1) is 24.5 Å². The molecule has 2 aromatic heterocycles. The molecule has 11 heteroatoms. The monoisotopic (exact) mass is 554 g/mol. The largest absolute Gasteiger partial charge is 0.402 e. The highest BCUT2D eigenvalue weighted by atomic mass is 35.5. The fourth-order valence-corrected chi connectivity index (χ4v) is 6.12. The normalized spacial score (nSPS) is 20.3. The quantitative estimate of drug-likeness (QED) is 0.403. The third-order valence-electron chi connectivity index (χ3n) is 8.03. The number of piperazine rings is 1. The van der Waals surface area contributed by atoms with Gasteiger partial charge in [-0.05, 0) is 50.8 Å². The molecule has 0 spiro atoms. The summed E-state index contributed by atoms with van der Waals surface area (Å²) >= 11 is 6.08. The van der Waals surface area contributed by atoms with Gasteiger partial charge in [-0.1, -0.05) is 35.8 Å². The first-order valence-corrected chi connectivity index (χ1v) is 14.4. The van der Waals surface area contributed by atoms with Crippen LogP contribution in [0.3, 0.4) is 0 Å². The Morgan fingerprint density at radius 3 is 2.54 bits per heavy atom. The second-order valence-corrected chi connectivity index (χ2v) is 10.8. The molecule has 0 radical (unpaired) electrons. The Bertz CT molecular complexity index is 1210. The summed E-state index contributed by atoms with van der Waals surface area (Å²) in [6, 6.07) is 9.29. The maximum absolute atomic E-state index is 10.1. The summed E-state index contributed by atoms with van der Waals surface area (Å²) in [4.78, 5) is 17.0. The molecule has 5 rings (SSSR count). The van der Waals surface area contributed by atoms with Gasteiger partial charge in [-0.3, -0.25) is 9.80 Å². The summed E-state index contributed by atoms with van der Waals surface area (Å²) in [6.45, 7) is 11.9. The predicted molar refractivity (Wildman–Crippen MR) is 153 cm³/mol. The van der Waals surface area contributed by atoms with Crippen molar-refractivity contribution in [2.45, 2.75) is 58.2 Å². The summed E-state index contributed by atoms with van der Waals surface area (Å²) < 4.78 is 5.65. The van der Waals surface area contributed by atoms with Gasteiger partial charge in [-0.25, -0.2) is 9.97 Å². The molecule has 0 unspecified atom stereocenters. The van der Waals surface area contributed by atoms with E-state index < -0.39 is 0 Å². The lowest BCUT2D eigenvalue weighted by molar-refractivity contribution is 0.0356. The van der Waals surface area contributed by atoms with E-state index in [9.17, 15) is 5.11 Å². The summed E-state index contributed by atoms with van der Waals surface area (Å²) in [7, 11) is 0. The molecular formula is C28H39ClN8O2. The van der Waals surface area contributed by atoms with Gasteiger partial charge in [-0.15, -0.1) is 5.10 Å². The molecule has 2 N–H and O–H groups in total. The van der Waals surface area contributed by atoms with Gasteiger partial charge in [-0.2, -0.15) is 0 Å². The molecule has 0 bridgehead atoms. The van der Waals surface area contributed by atoms with Crippen molar-refractivity contribution in [1.82, 2.24) is 30.0 Å². The number of aromatic nitrogens is 4. The first kappa shape index (κ1) is 27.8. The van der Waals surface area contributed by atoms with E-state index in [0.29, 0.717) is 36.2 Å². The van der Waals surface area contributed by atoms with Gasteiger partial charge < -0.3 is 19.7 Å². The molecule has 2 aliphatic rings. The van der Waals surface area contributed by atoms with E-state index >= 15 is 0 Å². The van der Waals surface area contributed by atoms with Crippen LogP contribution in [0.1, 0.15) is 50.4 Å². The van der Waals surface area contributed by atoms with Crippen LogP contribution in [0.5, 0.6) is 0 Å². The predicted octanol–water partition coefficient (Wildman–Crippen LogP) is 4.02. The van der Waals surface area contributed by atoms with E-state index in [1.807, 2.05) is 38.1 Å². The molecule has 3 aromatic rings. The number of rotatable bonds is 9. The zero-order valence-corrected chi connectivity index (χ0v) is 23.8. The molecule has 2 fully saturated rings. The minimum atomic E-state index is 0.0215. The molecule has 2 atom stereocenters. The number of piperidine rings is 1. The number of hydrogen-bond donors (Lipinski definition) is 2. The van der Waals surface area contributed by atoms with Crippen LogP contribution in [0.2, 0.25) is 5.02 Å². The smallest absolute Gasteiger partial charge is 0.315 e. The third kappa shape index (κ3) is 6.19. The van der Waals surface area contributed by atoms with Crippen LogP contribution < -0.4 is 10.2 Å². The molecule has 2 aliphatic heterocycles. The van der Waals surface area contributed by atoms with E-state index in [2.05, 4.69) is 37.1 Å². The standard InChI is InChI=1S/C28H39ClN8O2/c1-4-22-17-36(26-19(3)32-24(16-31-26)27-33-34-28(39-27)30-5-2)14-15-37(22)23-10-12-35(13-11-23)25(18-38)20-6-8-21(29)9-7-20/h6-9,16,22-23,25,38H,4-5,10-15,17-18H2,1-3H3,(H,30,34)/t22-,25-/m0/s1. The van der Waals surface area contributed by atoms with Crippen molar-refractivity contribution in [2.75, 3.05) is 56.1 Å². The Balaban J connectivity index is 1.20. The van der Waals surface area contributed by atoms with Crippen LogP contribution in [0.4, 0.5) is 11.8 Å². The minimum Gasteiger partial charge on any atom is -0.402 e. The zero-order valence-electron chi connectivity index (χ0n) is 23.1. The summed E-state index contributed by atoms with van der Waals surface area (Å²) in [6.07, 6.45) is 5.02. The molecule has 0 aliphatic carbocycles. The van der Waals surface area contributed by atoms with Gasteiger partial charge in [0.2, 0.25) is 0 Å². The first-order chi connectivity index (χ1) is 19.0. The maximum Gasteiger partial charge on any atom is 0.315 e. The number of halogens is 1. The molecule has 0 amide bonds. The van der Waals surface area contributed by atoms with Crippen molar-refractivity contribution in [3.63, 3.8) is 0 Å². The Hall–Kier alpha value is -2.79. The topological polar surface area (TPSA) is 107 Å². The highest BCUT2D eigenvalue weighted by Gasteiger charge is 2.35. The molecule has 1 aromatic carbocycles. The summed E-state index contributed by atoms with van der Waals surface area (Å²) in [5.74, 6) is 1.29. The van der Waals surface area contributed by atoms with Crippen LogP contribution in [0, 0.1) is 6.92 Å². The number of likely N-dealkylation sites (tertiary alicyclic amines) is 1. The van der Waals surface area contributed by atoms with Gasteiger partial charge in [0.1, 0.15) is 11.5 Å². The van der Waals surface area contributed by atoms with Gasteiger partial charge in [0.25, 0.3) is 5.89 Å². The van der Waals surface area contributed by atoms with E-state index in [1.54, 1.807) is 6.20 Å². The van der Waals surface area contributed by atoms with E-state index in [-0.39, 0.29) is 12.6 Å². The summed E-state index contributed by atoms with van der Waals surface area (Å²) in [5, 5.41) is 22.0. The average Bonchev–Trinajstić information content (AvgIpc) is 3.43. The summed E-state index contributed by atoms with van der Waals surface area (Å²) in [5.41, 5.74) is 2.58. The van der Waals surface area contributed by atoms with Crippen molar-refractivity contribution < 1.29 is 9.52 Å². The molecule has 2 saturated heterocycles. The average molecular weight is 555 g/mol. The third-order valence-corrected chi connectivity index (χ3v) is 8.28. The van der Waals surface area contributed by atoms with Crippen molar-refractivity contribution in [2.24, 2.45) is 0 Å². The van der Waals surface area contributed by atoms with E-state index in [4.69, 9.17) is 26.0 Å². The lowest BCUT2D eigenvalue weighted by Gasteiger charge is -2.48. The van der Waals surface area contributed by atoms with Crippen LogP contribution in [0.25, 0.3) is 11.6 Å². The Labute approximate surface area is 235 Å². The van der Waals surface area contributed by atoms with Crippen LogP contribution in [-0.2, 0) is 0 Å². The number of hydrogen-bond acceptors (Lipinski definition) is 10. The fraction of sp³-hybridized carbons (Fsp3) is 0.571. The lowest BCUT2D eigenvalue weighted by atomic mass is 9.96. The molecule has 4 heterocycles.